The van der Waals surface area contributed by atoms with Gasteiger partial charge in [-0.15, -0.1) is 0 Å². The van der Waals surface area contributed by atoms with E-state index in [4.69, 9.17) is 9.47 Å². The molecular weight excluding hydrogens is 526 g/mol. The van der Waals surface area contributed by atoms with Crippen LogP contribution in [0.5, 0.6) is 11.5 Å². The lowest BCUT2D eigenvalue weighted by Crippen LogP contribution is -2.43. The van der Waals surface area contributed by atoms with Gasteiger partial charge >= 0.3 is 5.16 Å². The van der Waals surface area contributed by atoms with Gasteiger partial charge in [0.15, 0.2) is 5.75 Å². The minimum Gasteiger partial charge on any atom is -0.609 e. The van der Waals surface area contributed by atoms with Crippen molar-refractivity contribution in [2.75, 3.05) is 20.0 Å². The molecule has 5 rings (SSSR count). The number of aryl methyl sites for hydroxylation is 1. The van der Waals surface area contributed by atoms with Crippen LogP contribution in [-0.2, 0) is 31.7 Å². The molecule has 3 aromatic rings. The summed E-state index contributed by atoms with van der Waals surface area (Å²) in [5, 5.41) is -0.0943. The number of Topliss-reactive ketones (excluding diaryl/α,β-unsaturated/α-hetero) is 1. The Bertz CT molecular complexity index is 1550. The molecule has 0 amide bonds. The number of methoxy groups -OCH3 is 2. The summed E-state index contributed by atoms with van der Waals surface area (Å²) in [5.74, 6) is 0.863. The lowest BCUT2D eigenvalue weighted by Gasteiger charge is -2.36. The first kappa shape index (κ1) is 27.0. The first-order valence-electron chi connectivity index (χ1n) is 12.6. The number of ether oxygens (including phenoxy) is 2. The largest absolute Gasteiger partial charge is 0.609 e. The highest BCUT2D eigenvalue weighted by Crippen LogP contribution is 2.64. The molecule has 2 bridgehead atoms. The number of benzene rings is 1. The van der Waals surface area contributed by atoms with Gasteiger partial charge in [-0.3, -0.25) is 9.78 Å². The first-order valence-corrected chi connectivity index (χ1v) is 15.5. The van der Waals surface area contributed by atoms with Gasteiger partial charge in [0.2, 0.25) is 10.0 Å². The first-order chi connectivity index (χ1) is 17.9. The quantitative estimate of drug-likeness (QED) is 0.380. The van der Waals surface area contributed by atoms with Crippen molar-refractivity contribution in [3.05, 3.63) is 41.2 Å². The lowest BCUT2D eigenvalue weighted by atomic mass is 9.70. The fourth-order valence-corrected chi connectivity index (χ4v) is 10.3. The van der Waals surface area contributed by atoms with E-state index >= 15 is 0 Å². The van der Waals surface area contributed by atoms with Gasteiger partial charge in [-0.1, -0.05) is 13.8 Å². The lowest BCUT2D eigenvalue weighted by molar-refractivity contribution is -0.128. The Labute approximate surface area is 226 Å². The number of imidazole rings is 1. The van der Waals surface area contributed by atoms with Crippen molar-refractivity contribution < 1.29 is 27.2 Å². The van der Waals surface area contributed by atoms with Gasteiger partial charge in [0.05, 0.1) is 42.1 Å². The third-order valence-corrected chi connectivity index (χ3v) is 12.0. The Kier molecular flexibility index (Phi) is 6.55. The predicted octanol–water partition coefficient (Wildman–Crippen LogP) is 3.95. The number of ketones is 1. The number of carbonyl (C=O) groups is 1. The Morgan fingerprint density at radius 2 is 1.95 bits per heavy atom. The fraction of sp³-hybridized carbons (Fsp3) is 0.519. The molecule has 1 aromatic carbocycles. The van der Waals surface area contributed by atoms with Crippen molar-refractivity contribution in [3.63, 3.8) is 0 Å². The van der Waals surface area contributed by atoms with Crippen molar-refractivity contribution in [1.29, 1.82) is 0 Å². The minimum atomic E-state index is -4.16. The number of carbonyl (C=O) groups excluding carboxylic acids is 1. The number of hydrogen-bond acceptors (Lipinski definition) is 8. The average molecular weight is 560 g/mol. The van der Waals surface area contributed by atoms with Crippen molar-refractivity contribution in [2.24, 2.45) is 16.7 Å². The Morgan fingerprint density at radius 1 is 1.21 bits per heavy atom. The molecule has 9 nitrogen and oxygen atoms in total. The second-order valence-corrected chi connectivity index (χ2v) is 14.1. The molecule has 1 unspecified atom stereocenters. The van der Waals surface area contributed by atoms with Crippen molar-refractivity contribution in [3.8, 4) is 11.5 Å². The average Bonchev–Trinajstić information content (AvgIpc) is 3.42. The van der Waals surface area contributed by atoms with Crippen molar-refractivity contribution >= 4 is 38.0 Å². The number of rotatable bonds is 8. The maximum Gasteiger partial charge on any atom is 0.338 e. The monoisotopic (exact) mass is 559 g/mol. The van der Waals surface area contributed by atoms with Gasteiger partial charge < -0.3 is 14.0 Å². The second kappa shape index (κ2) is 9.24. The third-order valence-electron chi connectivity index (χ3n) is 8.86. The van der Waals surface area contributed by atoms with E-state index in [1.54, 1.807) is 31.5 Å². The summed E-state index contributed by atoms with van der Waals surface area (Å²) in [6, 6.07) is 4.91. The van der Waals surface area contributed by atoms with Crippen LogP contribution < -0.4 is 9.47 Å². The Morgan fingerprint density at radius 3 is 2.55 bits per heavy atom. The molecule has 11 heteroatoms. The standard InChI is InChI=1S/C27H33N3O6S2/c1-16-13-28-21(17(2)24(16)36-6)14-37(32)25-29-20-8-7-19(35-5)12-22(20)30(25)38(33,34)15-27-10-9-18(11-23(27)31)26(27,3)4/h7-8,12-13,18H,9-11,14-15H2,1-6H3/t18-,27+,37?/m0/s1. The number of aromatic nitrogens is 3. The normalized spacial score (nSPS) is 23.2. The van der Waals surface area contributed by atoms with E-state index in [0.717, 1.165) is 21.5 Å². The summed E-state index contributed by atoms with van der Waals surface area (Å²) < 4.78 is 54.2. The zero-order chi connectivity index (χ0) is 27.6. The molecule has 0 spiro atoms. The second-order valence-electron chi connectivity index (χ2n) is 11.0. The zero-order valence-electron chi connectivity index (χ0n) is 22.5. The summed E-state index contributed by atoms with van der Waals surface area (Å²) >= 11 is -1.87. The molecule has 2 aliphatic rings. The number of nitrogens with zero attached hydrogens (tertiary/aromatic N) is 3. The van der Waals surface area contributed by atoms with Gasteiger partial charge in [0.1, 0.15) is 17.3 Å². The summed E-state index contributed by atoms with van der Waals surface area (Å²) in [6.07, 6.45) is 3.40. The summed E-state index contributed by atoms with van der Waals surface area (Å²) in [5.41, 5.74) is 1.35. The molecule has 0 aliphatic heterocycles. The van der Waals surface area contributed by atoms with Crippen LogP contribution in [0.1, 0.15) is 49.9 Å². The molecule has 2 aromatic heterocycles. The van der Waals surface area contributed by atoms with Gasteiger partial charge in [-0.2, -0.15) is 8.96 Å². The fourth-order valence-electron chi connectivity index (χ4n) is 6.44. The van der Waals surface area contributed by atoms with E-state index in [9.17, 15) is 17.8 Å². The summed E-state index contributed by atoms with van der Waals surface area (Å²) in [4.78, 5) is 22.1. The number of fused-ring (bicyclic) bond motifs is 3. The molecule has 0 radical (unpaired) electrons. The van der Waals surface area contributed by atoms with E-state index < -0.39 is 32.0 Å². The predicted molar refractivity (Wildman–Crippen MR) is 144 cm³/mol. The van der Waals surface area contributed by atoms with Gasteiger partial charge in [0, 0.05) is 41.0 Å². The number of hydrogen-bond donors (Lipinski definition) is 0. The van der Waals surface area contributed by atoms with Crippen LogP contribution in [0.2, 0.25) is 0 Å². The topological polar surface area (TPSA) is 123 Å². The van der Waals surface area contributed by atoms with Gasteiger partial charge in [-0.25, -0.2) is 8.42 Å². The van der Waals surface area contributed by atoms with Crippen molar-refractivity contribution in [2.45, 2.75) is 57.9 Å². The van der Waals surface area contributed by atoms with Crippen LogP contribution in [0.25, 0.3) is 11.0 Å². The molecule has 3 atom stereocenters. The van der Waals surface area contributed by atoms with E-state index in [-0.39, 0.29) is 33.9 Å². The Balaban J connectivity index is 1.63. The molecule has 38 heavy (non-hydrogen) atoms. The zero-order valence-corrected chi connectivity index (χ0v) is 24.2. The van der Waals surface area contributed by atoms with Gasteiger partial charge in [-0.05, 0) is 50.2 Å². The summed E-state index contributed by atoms with van der Waals surface area (Å²) in [7, 11) is -1.10. The van der Waals surface area contributed by atoms with Crippen LogP contribution >= 0.6 is 0 Å². The van der Waals surface area contributed by atoms with E-state index in [2.05, 4.69) is 9.97 Å². The third kappa shape index (κ3) is 3.93. The molecule has 2 aliphatic carbocycles. The molecule has 0 saturated heterocycles. The van der Waals surface area contributed by atoms with Gasteiger partial charge in [0.25, 0.3) is 0 Å². The maximum atomic E-state index is 14.2. The molecule has 2 fully saturated rings. The van der Waals surface area contributed by atoms with Crippen LogP contribution in [0.4, 0.5) is 0 Å². The highest BCUT2D eigenvalue weighted by atomic mass is 32.2. The van der Waals surface area contributed by atoms with Crippen molar-refractivity contribution in [1.82, 2.24) is 13.9 Å². The SMILES string of the molecule is COc1ccc2nc([S+]([O-])Cc3ncc(C)c(OC)c3C)n(S(=O)(=O)C[C@]34CC[C@@H](CC3=O)C4(C)C)c2c1. The molecule has 2 saturated carbocycles. The highest BCUT2D eigenvalue weighted by Gasteiger charge is 2.65. The molecular formula is C27H33N3O6S2. The Hall–Kier alpha value is -2.63. The van der Waals surface area contributed by atoms with E-state index in [0.29, 0.717) is 35.6 Å². The summed E-state index contributed by atoms with van der Waals surface area (Å²) in [6.45, 7) is 7.70. The van der Waals surface area contributed by atoms with Crippen LogP contribution in [0, 0.1) is 30.6 Å². The molecule has 2 heterocycles. The smallest absolute Gasteiger partial charge is 0.338 e. The minimum absolute atomic E-state index is 0.00132. The van der Waals surface area contributed by atoms with Crippen LogP contribution in [-0.4, -0.2) is 52.7 Å². The highest BCUT2D eigenvalue weighted by molar-refractivity contribution is 7.93. The van der Waals surface area contributed by atoms with E-state index in [1.807, 2.05) is 27.7 Å². The van der Waals surface area contributed by atoms with E-state index in [1.165, 1.54) is 7.11 Å². The van der Waals surface area contributed by atoms with Crippen LogP contribution in [0.15, 0.2) is 29.6 Å². The maximum absolute atomic E-state index is 14.2. The van der Waals surface area contributed by atoms with Crippen LogP contribution in [0.3, 0.4) is 0 Å². The molecule has 0 N–H and O–H groups in total. The molecule has 204 valence electrons. The number of pyridine rings is 1.